The smallest absolute Gasteiger partial charge is 0.257 e. The molecule has 0 radical (unpaired) electrons. The first kappa shape index (κ1) is 12.9. The number of hydrogen-bond donors (Lipinski definition) is 1. The van der Waals surface area contributed by atoms with Gasteiger partial charge in [-0.2, -0.15) is 8.75 Å². The summed E-state index contributed by atoms with van der Waals surface area (Å²) in [4.78, 5) is 15.7. The van der Waals surface area contributed by atoms with Crippen LogP contribution in [0.15, 0.2) is 30.6 Å². The molecule has 1 amide bonds. The van der Waals surface area contributed by atoms with E-state index in [1.54, 1.807) is 12.1 Å². The van der Waals surface area contributed by atoms with Gasteiger partial charge in [-0.25, -0.2) is 4.39 Å². The fourth-order valence-corrected chi connectivity index (χ4v) is 2.41. The van der Waals surface area contributed by atoms with Crippen molar-refractivity contribution in [2.24, 2.45) is 0 Å². The van der Waals surface area contributed by atoms with Crippen LogP contribution in [0.1, 0.15) is 10.4 Å². The van der Waals surface area contributed by atoms with E-state index in [9.17, 15) is 9.18 Å². The van der Waals surface area contributed by atoms with E-state index in [2.05, 4.69) is 19.0 Å². The number of fused-ring (bicyclic) bond motifs is 1. The molecule has 8 heteroatoms. The van der Waals surface area contributed by atoms with Gasteiger partial charge in [-0.3, -0.25) is 9.78 Å². The molecule has 0 unspecified atom stereocenters. The number of benzene rings is 1. The van der Waals surface area contributed by atoms with Crippen LogP contribution in [0.5, 0.6) is 0 Å². The zero-order valence-electron chi connectivity index (χ0n) is 9.80. The highest BCUT2D eigenvalue weighted by molar-refractivity contribution is 7.00. The largest absolute Gasteiger partial charge is 0.319 e. The molecule has 2 aromatic heterocycles. The molecule has 0 fully saturated rings. The van der Waals surface area contributed by atoms with Gasteiger partial charge >= 0.3 is 0 Å². The Morgan fingerprint density at radius 3 is 2.95 bits per heavy atom. The number of hydrogen-bond acceptors (Lipinski definition) is 5. The molecule has 0 spiro atoms. The molecule has 0 aliphatic heterocycles. The molecule has 3 aromatic rings. The first-order valence-electron chi connectivity index (χ1n) is 5.48. The fourth-order valence-electron chi connectivity index (χ4n) is 1.67. The number of carbonyl (C=O) groups is 1. The summed E-state index contributed by atoms with van der Waals surface area (Å²) in [6.07, 6.45) is 2.29. The highest BCUT2D eigenvalue weighted by Gasteiger charge is 2.14. The van der Waals surface area contributed by atoms with Gasteiger partial charge in [0, 0.05) is 6.20 Å². The zero-order valence-corrected chi connectivity index (χ0v) is 11.4. The molecule has 3 rings (SSSR count). The Balaban J connectivity index is 1.99. The highest BCUT2D eigenvalue weighted by atomic mass is 35.5. The molecule has 1 aromatic carbocycles. The minimum atomic E-state index is -0.586. The Bertz CT molecular complexity index is 807. The maximum absolute atomic E-state index is 13.1. The van der Waals surface area contributed by atoms with E-state index in [1.807, 2.05) is 0 Å². The Labute approximate surface area is 121 Å². The molecule has 100 valence electrons. The van der Waals surface area contributed by atoms with E-state index in [1.165, 1.54) is 6.20 Å². The van der Waals surface area contributed by atoms with Gasteiger partial charge in [0.25, 0.3) is 5.91 Å². The summed E-state index contributed by atoms with van der Waals surface area (Å²) in [5.74, 6) is -1.10. The van der Waals surface area contributed by atoms with Gasteiger partial charge in [-0.15, -0.1) is 0 Å². The molecule has 0 aliphatic rings. The second kappa shape index (κ2) is 5.10. The van der Waals surface area contributed by atoms with E-state index >= 15 is 0 Å². The monoisotopic (exact) mass is 308 g/mol. The summed E-state index contributed by atoms with van der Waals surface area (Å²) in [5.41, 5.74) is 1.58. The second-order valence-electron chi connectivity index (χ2n) is 3.90. The Kier molecular flexibility index (Phi) is 3.29. The number of anilines is 1. The highest BCUT2D eigenvalue weighted by Crippen LogP contribution is 2.30. The predicted octanol–water partition coefficient (Wildman–Crippen LogP) is 3.13. The van der Waals surface area contributed by atoms with Crippen molar-refractivity contribution in [3.63, 3.8) is 0 Å². The van der Waals surface area contributed by atoms with Crippen molar-refractivity contribution in [2.45, 2.75) is 0 Å². The minimum Gasteiger partial charge on any atom is -0.319 e. The number of aromatic nitrogens is 3. The van der Waals surface area contributed by atoms with Gasteiger partial charge in [0.2, 0.25) is 0 Å². The van der Waals surface area contributed by atoms with Crippen LogP contribution in [0.4, 0.5) is 10.1 Å². The third-order valence-corrected chi connectivity index (χ3v) is 3.44. The van der Waals surface area contributed by atoms with Crippen molar-refractivity contribution in [2.75, 3.05) is 5.32 Å². The summed E-state index contributed by atoms with van der Waals surface area (Å²) in [6, 6.07) is 4.42. The minimum absolute atomic E-state index is 0.0984. The summed E-state index contributed by atoms with van der Waals surface area (Å²) in [7, 11) is 0. The van der Waals surface area contributed by atoms with E-state index in [0.29, 0.717) is 21.7 Å². The summed E-state index contributed by atoms with van der Waals surface area (Å²) in [6.45, 7) is 0. The van der Waals surface area contributed by atoms with Gasteiger partial charge in [0.15, 0.2) is 0 Å². The van der Waals surface area contributed by atoms with Crippen LogP contribution in [0.3, 0.4) is 0 Å². The molecule has 0 atom stereocenters. The topological polar surface area (TPSA) is 67.8 Å². The van der Waals surface area contributed by atoms with E-state index in [4.69, 9.17) is 11.6 Å². The first-order valence-corrected chi connectivity index (χ1v) is 6.58. The third-order valence-electron chi connectivity index (χ3n) is 2.58. The molecular weight excluding hydrogens is 303 g/mol. The number of nitrogens with one attached hydrogen (secondary N) is 1. The lowest BCUT2D eigenvalue weighted by Gasteiger charge is -2.07. The number of pyridine rings is 1. The molecule has 1 N–H and O–H groups in total. The molecule has 0 bridgehead atoms. The maximum atomic E-state index is 13.1. The summed E-state index contributed by atoms with van der Waals surface area (Å²) < 4.78 is 21.2. The summed E-state index contributed by atoms with van der Waals surface area (Å²) in [5, 5.41) is 2.95. The molecule has 20 heavy (non-hydrogen) atoms. The molecule has 5 nitrogen and oxygen atoms in total. The SMILES string of the molecule is O=C(Nc1c(Cl)ccc2nsnc12)c1cncc(F)c1. The van der Waals surface area contributed by atoms with Gasteiger partial charge in [-0.1, -0.05) is 11.6 Å². The lowest BCUT2D eigenvalue weighted by Crippen LogP contribution is -2.13. The normalized spacial score (nSPS) is 10.7. The Morgan fingerprint density at radius 2 is 2.15 bits per heavy atom. The van der Waals surface area contributed by atoms with Gasteiger partial charge in [0.05, 0.1) is 34.2 Å². The second-order valence-corrected chi connectivity index (χ2v) is 4.84. The number of amides is 1. The number of rotatable bonds is 2. The van der Waals surface area contributed by atoms with Crippen LogP contribution < -0.4 is 5.32 Å². The zero-order chi connectivity index (χ0) is 14.1. The molecule has 0 aliphatic carbocycles. The number of nitrogens with zero attached hydrogens (tertiary/aromatic N) is 3. The van der Waals surface area contributed by atoms with Crippen molar-refractivity contribution < 1.29 is 9.18 Å². The van der Waals surface area contributed by atoms with Crippen LogP contribution in [0.2, 0.25) is 5.02 Å². The molecule has 0 saturated carbocycles. The van der Waals surface area contributed by atoms with Gasteiger partial charge < -0.3 is 5.32 Å². The van der Waals surface area contributed by atoms with Crippen molar-refractivity contribution in [3.05, 3.63) is 47.0 Å². The average molecular weight is 309 g/mol. The predicted molar refractivity (Wildman–Crippen MR) is 74.6 cm³/mol. The third kappa shape index (κ3) is 2.33. The fraction of sp³-hybridized carbons (Fsp3) is 0. The number of carbonyl (C=O) groups excluding carboxylic acids is 1. The van der Waals surface area contributed by atoms with Crippen molar-refractivity contribution in [1.29, 1.82) is 0 Å². The standard InChI is InChI=1S/C12H6ClFN4OS/c13-8-1-2-9-11(18-20-17-9)10(8)16-12(19)6-3-7(14)5-15-4-6/h1-5H,(H,16,19). The average Bonchev–Trinajstić information content (AvgIpc) is 2.90. The Morgan fingerprint density at radius 1 is 1.30 bits per heavy atom. The van der Waals surface area contributed by atoms with E-state index < -0.39 is 11.7 Å². The van der Waals surface area contributed by atoms with Crippen LogP contribution in [-0.4, -0.2) is 19.6 Å². The van der Waals surface area contributed by atoms with Crippen LogP contribution in [-0.2, 0) is 0 Å². The molecule has 2 heterocycles. The van der Waals surface area contributed by atoms with Gasteiger partial charge in [-0.05, 0) is 18.2 Å². The molecule has 0 saturated heterocycles. The maximum Gasteiger partial charge on any atom is 0.257 e. The lowest BCUT2D eigenvalue weighted by atomic mass is 10.2. The quantitative estimate of drug-likeness (QED) is 0.789. The summed E-state index contributed by atoms with van der Waals surface area (Å²) >= 11 is 7.07. The van der Waals surface area contributed by atoms with Crippen LogP contribution >= 0.6 is 23.3 Å². The van der Waals surface area contributed by atoms with Crippen LogP contribution in [0, 0.1) is 5.82 Å². The van der Waals surface area contributed by atoms with Crippen molar-refractivity contribution in [1.82, 2.24) is 13.7 Å². The van der Waals surface area contributed by atoms with Crippen molar-refractivity contribution >= 4 is 46.0 Å². The first-order chi connectivity index (χ1) is 9.65. The lowest BCUT2D eigenvalue weighted by molar-refractivity contribution is 0.102. The van der Waals surface area contributed by atoms with Gasteiger partial charge in [0.1, 0.15) is 16.9 Å². The Hall–Kier alpha value is -2.12. The van der Waals surface area contributed by atoms with Crippen molar-refractivity contribution in [3.8, 4) is 0 Å². The number of halogens is 2. The van der Waals surface area contributed by atoms with Crippen LogP contribution in [0.25, 0.3) is 11.0 Å². The molecular formula is C12H6ClFN4OS. The van der Waals surface area contributed by atoms with E-state index in [0.717, 1.165) is 24.0 Å². The van der Waals surface area contributed by atoms with E-state index in [-0.39, 0.29) is 5.56 Å².